The molecule has 4 heteroatoms. The molecule has 0 radical (unpaired) electrons. The minimum absolute atomic E-state index is 0.0193. The maximum Gasteiger partial charge on any atom is 0.173 e. The number of fused-ring (bicyclic) bond motifs is 3. The van der Waals surface area contributed by atoms with E-state index in [1.54, 1.807) is 6.26 Å². The number of carbonyl (C=O) groups excluding carboxylic acids is 1. The third kappa shape index (κ3) is 2.40. The number of Topliss-reactive ketones (excluding diaryl/α,β-unsaturated/α-hetero) is 1. The molecule has 1 aromatic carbocycles. The normalized spacial score (nSPS) is 36.3. The van der Waals surface area contributed by atoms with Gasteiger partial charge in [0, 0.05) is 18.5 Å². The molecule has 2 saturated carbocycles. The Morgan fingerprint density at radius 3 is 2.67 bits per heavy atom. The summed E-state index contributed by atoms with van der Waals surface area (Å²) in [5, 5.41) is 0. The van der Waals surface area contributed by atoms with E-state index in [2.05, 4.69) is 4.90 Å². The van der Waals surface area contributed by atoms with Gasteiger partial charge in [-0.3, -0.25) is 9.69 Å². The van der Waals surface area contributed by atoms with Crippen molar-refractivity contribution < 1.29 is 14.3 Å². The lowest BCUT2D eigenvalue weighted by molar-refractivity contribution is -0.171. The van der Waals surface area contributed by atoms with Crippen molar-refractivity contribution in [1.82, 2.24) is 4.90 Å². The van der Waals surface area contributed by atoms with Crippen LogP contribution in [0.25, 0.3) is 5.57 Å². The number of hydrogen-bond acceptors (Lipinski definition) is 4. The van der Waals surface area contributed by atoms with Crippen LogP contribution in [0.5, 0.6) is 0 Å². The van der Waals surface area contributed by atoms with Crippen molar-refractivity contribution in [1.29, 1.82) is 0 Å². The lowest BCUT2D eigenvalue weighted by Crippen LogP contribution is -2.56. The highest BCUT2D eigenvalue weighted by Crippen LogP contribution is 2.43. The summed E-state index contributed by atoms with van der Waals surface area (Å²) in [6.07, 6.45) is 6.35. The molecule has 1 saturated heterocycles. The molecule has 5 rings (SSSR count). The van der Waals surface area contributed by atoms with Gasteiger partial charge in [-0.15, -0.1) is 0 Å². The summed E-state index contributed by atoms with van der Waals surface area (Å²) in [6, 6.07) is 10.6. The first-order valence-corrected chi connectivity index (χ1v) is 9.12. The third-order valence-electron chi connectivity index (χ3n) is 6.05. The van der Waals surface area contributed by atoms with Gasteiger partial charge in [0.1, 0.15) is 6.10 Å². The van der Waals surface area contributed by atoms with Gasteiger partial charge < -0.3 is 9.47 Å². The molecule has 4 atom stereocenters. The second-order valence-electron chi connectivity index (χ2n) is 7.55. The van der Waals surface area contributed by atoms with Crippen molar-refractivity contribution in [3.05, 3.63) is 42.2 Å². The number of ether oxygens (including phenoxy) is 2. The molecule has 0 amide bonds. The average Bonchev–Trinajstić information content (AvgIpc) is 3.47. The number of nitrogens with zero attached hydrogens (tertiary/aromatic N) is 1. The van der Waals surface area contributed by atoms with Crippen LogP contribution in [0, 0.1) is 11.8 Å². The minimum atomic E-state index is -0.0229. The molecule has 2 aliphatic carbocycles. The van der Waals surface area contributed by atoms with Crippen molar-refractivity contribution in [2.24, 2.45) is 11.8 Å². The number of ketones is 1. The molecule has 126 valence electrons. The Labute approximate surface area is 142 Å². The Hall–Kier alpha value is -1.65. The largest absolute Gasteiger partial charge is 0.496 e. The maximum atomic E-state index is 13.1. The van der Waals surface area contributed by atoms with Gasteiger partial charge in [0.2, 0.25) is 0 Å². The number of benzene rings is 1. The van der Waals surface area contributed by atoms with E-state index >= 15 is 0 Å². The van der Waals surface area contributed by atoms with Crippen molar-refractivity contribution in [2.75, 3.05) is 13.3 Å². The zero-order valence-electron chi connectivity index (χ0n) is 13.8. The molecule has 24 heavy (non-hydrogen) atoms. The van der Waals surface area contributed by atoms with Crippen LogP contribution in [0.3, 0.4) is 0 Å². The first-order valence-electron chi connectivity index (χ1n) is 9.12. The summed E-state index contributed by atoms with van der Waals surface area (Å²) < 4.78 is 12.3. The topological polar surface area (TPSA) is 38.8 Å². The van der Waals surface area contributed by atoms with Crippen molar-refractivity contribution in [3.63, 3.8) is 0 Å². The molecular weight excluding hydrogens is 302 g/mol. The van der Waals surface area contributed by atoms with Crippen LogP contribution in [0.4, 0.5) is 0 Å². The number of carbonyl (C=O) groups is 1. The monoisotopic (exact) mass is 325 g/mol. The molecule has 0 aromatic heterocycles. The van der Waals surface area contributed by atoms with Gasteiger partial charge in [0.15, 0.2) is 5.78 Å². The van der Waals surface area contributed by atoms with E-state index in [-0.39, 0.29) is 23.9 Å². The summed E-state index contributed by atoms with van der Waals surface area (Å²) >= 11 is 0. The van der Waals surface area contributed by atoms with Crippen molar-refractivity contribution in [2.45, 2.75) is 43.9 Å². The predicted molar refractivity (Wildman–Crippen MR) is 90.0 cm³/mol. The summed E-state index contributed by atoms with van der Waals surface area (Å²) in [5.41, 5.74) is 1.69. The number of rotatable bonds is 2. The Morgan fingerprint density at radius 1 is 1.04 bits per heavy atom. The van der Waals surface area contributed by atoms with Crippen molar-refractivity contribution in [3.8, 4) is 0 Å². The van der Waals surface area contributed by atoms with Gasteiger partial charge >= 0.3 is 0 Å². The van der Waals surface area contributed by atoms with Crippen LogP contribution in [0.2, 0.25) is 0 Å². The van der Waals surface area contributed by atoms with Crippen LogP contribution in [-0.4, -0.2) is 42.2 Å². The molecule has 3 fully saturated rings. The zero-order chi connectivity index (χ0) is 16.1. The van der Waals surface area contributed by atoms with Crippen LogP contribution in [-0.2, 0) is 14.3 Å². The Balaban J connectivity index is 1.40. The highest BCUT2D eigenvalue weighted by Gasteiger charge is 2.50. The molecule has 4 unspecified atom stereocenters. The van der Waals surface area contributed by atoms with E-state index in [1.807, 2.05) is 30.3 Å². The van der Waals surface area contributed by atoms with Gasteiger partial charge in [-0.1, -0.05) is 30.3 Å². The summed E-state index contributed by atoms with van der Waals surface area (Å²) in [6.45, 7) is 1.76. The average molecular weight is 325 g/mol. The Bertz CT molecular complexity index is 667. The molecule has 4 aliphatic rings. The smallest absolute Gasteiger partial charge is 0.173 e. The first-order chi connectivity index (χ1) is 11.8. The van der Waals surface area contributed by atoms with Crippen LogP contribution in [0.1, 0.15) is 31.2 Å². The molecule has 0 N–H and O–H groups in total. The molecular formula is C20H23NO3. The second kappa shape index (κ2) is 5.71. The van der Waals surface area contributed by atoms with E-state index in [9.17, 15) is 4.79 Å². The van der Waals surface area contributed by atoms with Crippen LogP contribution >= 0.6 is 0 Å². The fourth-order valence-corrected chi connectivity index (χ4v) is 4.58. The highest BCUT2D eigenvalue weighted by atomic mass is 16.5. The van der Waals surface area contributed by atoms with E-state index in [0.29, 0.717) is 12.0 Å². The fraction of sp³-hybridized carbons (Fsp3) is 0.550. The summed E-state index contributed by atoms with van der Waals surface area (Å²) in [5.74, 6) is 0.546. The second-order valence-corrected chi connectivity index (χ2v) is 7.55. The van der Waals surface area contributed by atoms with Gasteiger partial charge in [0.25, 0.3) is 0 Å². The van der Waals surface area contributed by atoms with E-state index in [1.165, 1.54) is 12.8 Å². The van der Waals surface area contributed by atoms with Gasteiger partial charge in [0.05, 0.1) is 30.6 Å². The van der Waals surface area contributed by atoms with Gasteiger partial charge in [-0.2, -0.15) is 0 Å². The lowest BCUT2D eigenvalue weighted by atomic mass is 9.71. The third-order valence-corrected chi connectivity index (χ3v) is 6.05. The predicted octanol–water partition coefficient (Wildman–Crippen LogP) is 2.84. The van der Waals surface area contributed by atoms with Gasteiger partial charge in [-0.05, 0) is 31.2 Å². The van der Waals surface area contributed by atoms with E-state index in [4.69, 9.17) is 9.47 Å². The molecule has 0 spiro atoms. The van der Waals surface area contributed by atoms with E-state index in [0.717, 1.165) is 37.3 Å². The number of hydrogen-bond donors (Lipinski definition) is 0. The van der Waals surface area contributed by atoms with Gasteiger partial charge in [-0.25, -0.2) is 0 Å². The highest BCUT2D eigenvalue weighted by molar-refractivity contribution is 6.22. The summed E-state index contributed by atoms with van der Waals surface area (Å²) in [4.78, 5) is 15.5. The van der Waals surface area contributed by atoms with Crippen LogP contribution < -0.4 is 0 Å². The van der Waals surface area contributed by atoms with Crippen molar-refractivity contribution >= 4 is 11.4 Å². The lowest BCUT2D eigenvalue weighted by Gasteiger charge is -2.48. The molecule has 1 aromatic rings. The van der Waals surface area contributed by atoms with Crippen LogP contribution in [0.15, 0.2) is 36.6 Å². The number of allylic oxidation sites excluding steroid dienone is 1. The SMILES string of the molecule is O=C1C(c2ccccc2)=COC2C1CCC1OCN(C3CC3)CC12. The maximum absolute atomic E-state index is 13.1. The fourth-order valence-electron chi connectivity index (χ4n) is 4.58. The summed E-state index contributed by atoms with van der Waals surface area (Å²) in [7, 11) is 0. The minimum Gasteiger partial charge on any atom is -0.496 e. The molecule has 2 aliphatic heterocycles. The molecule has 4 nitrogen and oxygen atoms in total. The quantitative estimate of drug-likeness (QED) is 0.838. The first kappa shape index (κ1) is 14.7. The standard InChI is InChI=1S/C20H23NO3/c22-19-15-8-9-18-16(10-21(12-24-18)14-6-7-14)20(15)23-11-17(19)13-4-2-1-3-5-13/h1-5,11,14-16,18,20H,6-10,12H2. The molecule has 2 heterocycles. The zero-order valence-corrected chi connectivity index (χ0v) is 13.8. The Kier molecular flexibility index (Phi) is 3.49. The molecule has 0 bridgehead atoms. The Morgan fingerprint density at radius 2 is 1.88 bits per heavy atom. The van der Waals surface area contributed by atoms with E-state index < -0.39 is 0 Å².